The molecule has 0 aromatic heterocycles. The highest BCUT2D eigenvalue weighted by molar-refractivity contribution is 5.40. The molecule has 0 saturated carbocycles. The zero-order chi connectivity index (χ0) is 101. The van der Waals surface area contributed by atoms with Gasteiger partial charge in [-0.25, -0.2) is 0 Å². The van der Waals surface area contributed by atoms with Gasteiger partial charge in [0.2, 0.25) is 0 Å². The lowest BCUT2D eigenvalue weighted by atomic mass is 9.76. The molecule has 1 heterocycles. The van der Waals surface area contributed by atoms with E-state index in [1.165, 1.54) is 118 Å². The van der Waals surface area contributed by atoms with Gasteiger partial charge in [0, 0.05) is 146 Å². The Bertz CT molecular complexity index is 2810. The second kappa shape index (κ2) is 104. The van der Waals surface area contributed by atoms with E-state index in [2.05, 4.69) is 340 Å². The second-order valence-electron chi connectivity index (χ2n) is 36.9. The molecule has 5 atom stereocenters. The highest BCUT2D eigenvalue weighted by atomic mass is 15.0. The summed E-state index contributed by atoms with van der Waals surface area (Å²) >= 11 is 0. The maximum Gasteiger partial charge on any atom is 0.0688 e. The summed E-state index contributed by atoms with van der Waals surface area (Å²) < 4.78 is 0. The Kier molecular flexibility index (Phi) is 109. The smallest absolute Gasteiger partial charge is 0.0688 e. The SMILES string of the molecule is CC(C)(C)CNCCN.CC(C)CNCC(C)N.CC(CNCCN)(c1ccccc1)c1ccccc1.CCC(C)(C)NCCN.CCC(C)NCCCN.CCC(NCCCN)c1ccccc1.CCC(NCCN)(c1ccccc1)c1ccccc1.CCC1CCCC(CN)N1.CCCCCNCCCN.CCCCCNCCN.CCCCNCCN.CCCNCCCN. The zero-order valence-corrected chi connectivity index (χ0v) is 89.7. The van der Waals surface area contributed by atoms with Crippen molar-refractivity contribution in [1.82, 2.24) is 63.8 Å². The first-order valence-electron chi connectivity index (χ1n) is 52.5. The van der Waals surface area contributed by atoms with Crippen molar-refractivity contribution in [2.24, 2.45) is 80.1 Å². The molecule has 5 aromatic carbocycles. The van der Waals surface area contributed by atoms with Gasteiger partial charge in [-0.3, -0.25) is 0 Å². The summed E-state index contributed by atoms with van der Waals surface area (Å²) in [7, 11) is 0. The standard InChI is InChI=1S/2C17H22N2.C12H20N2.C8H18N2.C8H20N2.5C7H18N2.2C6H16N2/c1-17(14-19-13-12-18,15-8-4-2-5-9-15)16-10-6-3-7-11-16;1-2-17(19-14-13-18,15-9-5-3-6-10-15)16-11-7-4-8-12-16;1-2-12(14-10-6-9-13)11-7-4-3-5-8-11;1-2-7-4-3-5-8(6-9)10-7;1-2-3-4-7-10-8-5-6-9;1-6(2)4-9-5-7(3)8;1-7(2,3)6-9-5-4-8;1-4-7(2,3)9-6-5-8;1-3-7(2)9-6-4-5-8;1-2-3-4-6-9-7-5-8;1-2-5-8-6-3-4-7;1-2-3-5-8-6-4-7/h2-11,19H,12-14,18H2,1H3;3-12,19H,2,13-14,18H2,1H3;3-5,7-8,12,14H,2,6,9-10,13H2,1H3;7-8,10H,2-6,9H2,1H3;10H,2-9H2,1H3;6-7,9H,4-5,8H2,1-3H3;2*9H,4-6,8H2,1-3H3;7,9H,3-6,8H2,1-2H3;9H,2-8H2,1H3;2*8H,2-7H2,1H3. The van der Waals surface area contributed by atoms with Crippen LogP contribution in [0.25, 0.3) is 0 Å². The lowest BCUT2D eigenvalue weighted by Crippen LogP contribution is -2.45. The maximum atomic E-state index is 5.68. The van der Waals surface area contributed by atoms with E-state index >= 15 is 0 Å². The van der Waals surface area contributed by atoms with Crippen LogP contribution in [0.4, 0.5) is 0 Å². The number of rotatable bonds is 59. The lowest BCUT2D eigenvalue weighted by Gasteiger charge is -2.35. The molecular formula is C109H224N24. The van der Waals surface area contributed by atoms with Crippen LogP contribution < -0.4 is 133 Å². The molecule has 5 unspecified atom stereocenters. The van der Waals surface area contributed by atoms with E-state index in [1.807, 2.05) is 6.92 Å². The molecule has 0 spiro atoms. The van der Waals surface area contributed by atoms with Gasteiger partial charge in [0.1, 0.15) is 0 Å². The first-order chi connectivity index (χ1) is 64.1. The van der Waals surface area contributed by atoms with Crippen LogP contribution >= 0.6 is 0 Å². The highest BCUT2D eigenvalue weighted by Crippen LogP contribution is 2.33. The highest BCUT2D eigenvalue weighted by Gasteiger charge is 2.32. The van der Waals surface area contributed by atoms with Crippen molar-refractivity contribution < 1.29 is 0 Å². The third-order valence-corrected chi connectivity index (χ3v) is 21.9. The van der Waals surface area contributed by atoms with Crippen molar-refractivity contribution >= 4 is 0 Å². The summed E-state index contributed by atoms with van der Waals surface area (Å²) in [5.74, 6) is 0.726. The average molecular weight is 1870 g/mol. The van der Waals surface area contributed by atoms with E-state index in [9.17, 15) is 0 Å². The van der Waals surface area contributed by atoms with E-state index in [4.69, 9.17) is 68.8 Å². The number of benzene rings is 5. The molecule has 0 aliphatic carbocycles. The van der Waals surface area contributed by atoms with E-state index in [1.54, 1.807) is 0 Å². The number of unbranched alkanes of at least 4 members (excludes halogenated alkanes) is 5. The minimum absolute atomic E-state index is 0.0301. The first kappa shape index (κ1) is 139. The van der Waals surface area contributed by atoms with Gasteiger partial charge in [-0.2, -0.15) is 0 Å². The number of hydrogen-bond donors (Lipinski definition) is 24. The Morgan fingerprint density at radius 1 is 0.338 bits per heavy atom. The molecule has 133 heavy (non-hydrogen) atoms. The minimum Gasteiger partial charge on any atom is -0.330 e. The first-order valence-corrected chi connectivity index (χ1v) is 52.5. The topological polar surface area (TPSA) is 457 Å². The van der Waals surface area contributed by atoms with Crippen LogP contribution in [0.5, 0.6) is 0 Å². The number of nitrogens with one attached hydrogen (secondary N) is 12. The molecule has 0 amide bonds. The van der Waals surface area contributed by atoms with Crippen molar-refractivity contribution in [3.8, 4) is 0 Å². The Balaban J connectivity index is -0.000000336. The molecule has 1 aliphatic heterocycles. The van der Waals surface area contributed by atoms with Crippen molar-refractivity contribution in [2.75, 3.05) is 190 Å². The van der Waals surface area contributed by atoms with Crippen molar-refractivity contribution in [2.45, 2.75) is 313 Å². The van der Waals surface area contributed by atoms with Gasteiger partial charge in [-0.1, -0.05) is 294 Å². The normalized spacial score (nSPS) is 13.3. The molecule has 24 nitrogen and oxygen atoms in total. The summed E-state index contributed by atoms with van der Waals surface area (Å²) in [6.07, 6.45) is 25.6. The van der Waals surface area contributed by atoms with E-state index in [0.717, 1.165) is 234 Å². The van der Waals surface area contributed by atoms with Crippen LogP contribution in [0, 0.1) is 11.3 Å². The predicted octanol–water partition coefficient (Wildman–Crippen LogP) is 13.5. The Morgan fingerprint density at radius 3 is 1.08 bits per heavy atom. The van der Waals surface area contributed by atoms with Gasteiger partial charge in [0.05, 0.1) is 5.54 Å². The Hall–Kier alpha value is -4.86. The molecule has 1 saturated heterocycles. The summed E-state index contributed by atoms with van der Waals surface area (Å²) in [4.78, 5) is 0. The van der Waals surface area contributed by atoms with Gasteiger partial charge in [0.15, 0.2) is 0 Å². The molecular weight excluding hydrogens is 1650 g/mol. The molecule has 5 aromatic rings. The molecule has 24 heteroatoms. The van der Waals surface area contributed by atoms with Gasteiger partial charge in [-0.15, -0.1) is 0 Å². The average Bonchev–Trinajstić information content (AvgIpc) is 0.788. The monoisotopic (exact) mass is 1870 g/mol. The van der Waals surface area contributed by atoms with Crippen molar-refractivity contribution in [1.29, 1.82) is 0 Å². The zero-order valence-electron chi connectivity index (χ0n) is 89.7. The molecule has 6 rings (SSSR count). The van der Waals surface area contributed by atoms with E-state index in [-0.39, 0.29) is 22.5 Å². The lowest BCUT2D eigenvalue weighted by molar-refractivity contribution is 0.318. The summed E-state index contributed by atoms with van der Waals surface area (Å²) in [5, 5.41) is 40.4. The van der Waals surface area contributed by atoms with Crippen LogP contribution in [0.3, 0.4) is 0 Å². The molecule has 36 N–H and O–H groups in total. The van der Waals surface area contributed by atoms with Gasteiger partial charge >= 0.3 is 0 Å². The number of hydrogen-bond acceptors (Lipinski definition) is 24. The summed E-state index contributed by atoms with van der Waals surface area (Å²) in [6.45, 7) is 68.0. The predicted molar refractivity (Wildman–Crippen MR) is 594 cm³/mol. The molecule has 780 valence electrons. The second-order valence-corrected chi connectivity index (χ2v) is 36.9. The van der Waals surface area contributed by atoms with Gasteiger partial charge in [-0.05, 0) is 248 Å². The third-order valence-electron chi connectivity index (χ3n) is 21.9. The molecule has 0 radical (unpaired) electrons. The minimum atomic E-state index is -0.151. The Labute approximate surface area is 821 Å². The molecule has 1 fully saturated rings. The fourth-order valence-electron chi connectivity index (χ4n) is 13.2. The van der Waals surface area contributed by atoms with Crippen LogP contribution in [-0.4, -0.2) is 220 Å². The van der Waals surface area contributed by atoms with E-state index in [0.29, 0.717) is 36.6 Å². The van der Waals surface area contributed by atoms with Crippen molar-refractivity contribution in [3.63, 3.8) is 0 Å². The number of piperidine rings is 1. The van der Waals surface area contributed by atoms with Crippen LogP contribution in [0.15, 0.2) is 152 Å². The van der Waals surface area contributed by atoms with Crippen molar-refractivity contribution in [3.05, 3.63) is 179 Å². The van der Waals surface area contributed by atoms with Gasteiger partial charge in [0.25, 0.3) is 0 Å². The summed E-state index contributed by atoms with van der Waals surface area (Å²) in [5.41, 5.74) is 71.9. The maximum absolute atomic E-state index is 5.68. The molecule has 0 bridgehead atoms. The fourth-order valence-corrected chi connectivity index (χ4v) is 13.2. The number of nitrogens with two attached hydrogens (primary N) is 12. The van der Waals surface area contributed by atoms with Gasteiger partial charge < -0.3 is 133 Å². The summed E-state index contributed by atoms with van der Waals surface area (Å²) in [6, 6.07) is 55.8. The fraction of sp³-hybridized carbons (Fsp3) is 0.725. The van der Waals surface area contributed by atoms with Crippen LogP contribution in [0.1, 0.15) is 300 Å². The third kappa shape index (κ3) is 90.7. The van der Waals surface area contributed by atoms with Crippen LogP contribution in [-0.2, 0) is 11.0 Å². The molecule has 1 aliphatic rings. The Morgan fingerprint density at radius 2 is 0.714 bits per heavy atom. The van der Waals surface area contributed by atoms with Crippen LogP contribution in [0.2, 0.25) is 0 Å². The quantitative estimate of drug-likeness (QED) is 0.0161. The largest absolute Gasteiger partial charge is 0.330 e. The van der Waals surface area contributed by atoms with E-state index < -0.39 is 0 Å².